The maximum atomic E-state index is 12.8. The lowest BCUT2D eigenvalue weighted by Crippen LogP contribution is -2.43. The number of rotatable bonds is 5. The van der Waals surface area contributed by atoms with Gasteiger partial charge in [0.15, 0.2) is 11.5 Å². The highest BCUT2D eigenvalue weighted by Gasteiger charge is 2.52. The number of hydrogen-bond donors (Lipinski definition) is 1. The molecule has 134 valence electrons. The molecule has 25 heavy (non-hydrogen) atoms. The summed E-state index contributed by atoms with van der Waals surface area (Å²) in [7, 11) is 0. The van der Waals surface area contributed by atoms with Crippen molar-refractivity contribution < 1.29 is 37.6 Å². The molecule has 8 nitrogen and oxygen atoms in total. The minimum atomic E-state index is -4.83. The molecule has 0 aliphatic carbocycles. The van der Waals surface area contributed by atoms with Crippen molar-refractivity contribution >= 4 is 23.2 Å². The van der Waals surface area contributed by atoms with Gasteiger partial charge in [-0.2, -0.15) is 13.2 Å². The molecule has 2 rings (SSSR count). The summed E-state index contributed by atoms with van der Waals surface area (Å²) in [5.41, 5.74) is -5.45. The molecule has 0 bridgehead atoms. The van der Waals surface area contributed by atoms with Crippen LogP contribution in [0.2, 0.25) is 0 Å². The number of carbonyl (C=O) groups is 2. The average Bonchev–Trinajstić information content (AvgIpc) is 2.98. The summed E-state index contributed by atoms with van der Waals surface area (Å²) < 4.78 is 38.3. The Morgan fingerprint density at radius 3 is 2.56 bits per heavy atom. The summed E-state index contributed by atoms with van der Waals surface area (Å²) in [6, 6.07) is 1.43. The second kappa shape index (κ2) is 6.15. The first-order chi connectivity index (χ1) is 11.5. The summed E-state index contributed by atoms with van der Waals surface area (Å²) in [6.07, 6.45) is -4.95. The highest BCUT2D eigenvalue weighted by Crippen LogP contribution is 2.39. The number of carbonyl (C=O) groups excluding carboxylic acids is 1. The lowest BCUT2D eigenvalue weighted by Gasteiger charge is -2.23. The number of nitro benzene ring substituents is 1. The van der Waals surface area contributed by atoms with Gasteiger partial charge < -0.3 is 9.94 Å². The maximum absolute atomic E-state index is 12.8. The molecule has 0 radical (unpaired) electrons. The van der Waals surface area contributed by atoms with Crippen LogP contribution in [0.5, 0.6) is 0 Å². The maximum Gasteiger partial charge on any atom is 0.416 e. The topological polar surface area (TPSA) is 119 Å². The summed E-state index contributed by atoms with van der Waals surface area (Å²) in [5, 5.41) is 23.6. The van der Waals surface area contributed by atoms with Crippen molar-refractivity contribution in [2.45, 2.75) is 19.5 Å². The van der Waals surface area contributed by atoms with E-state index in [2.05, 4.69) is 9.99 Å². The Balaban J connectivity index is 2.61. The Morgan fingerprint density at radius 1 is 1.44 bits per heavy atom. The van der Waals surface area contributed by atoms with E-state index in [0.717, 1.165) is 0 Å². The molecule has 0 fully saturated rings. The number of alkyl halides is 3. The van der Waals surface area contributed by atoms with Crippen molar-refractivity contribution in [3.63, 3.8) is 0 Å². The van der Waals surface area contributed by atoms with E-state index < -0.39 is 57.4 Å². The SMILES string of the molecule is CCC1(C(=O)c2ccc(C(F)(F)F)cc2[N+](=O)[O-])CON=C1C(=O)O. The molecule has 1 atom stereocenters. The van der Waals surface area contributed by atoms with Gasteiger partial charge in [-0.3, -0.25) is 14.9 Å². The van der Waals surface area contributed by atoms with Gasteiger partial charge in [0.2, 0.25) is 0 Å². The Kier molecular flexibility index (Phi) is 4.51. The molecule has 0 amide bonds. The van der Waals surface area contributed by atoms with Gasteiger partial charge in [0.25, 0.3) is 5.69 Å². The van der Waals surface area contributed by atoms with Crippen LogP contribution in [0.25, 0.3) is 0 Å². The van der Waals surface area contributed by atoms with Crippen LogP contribution in [0.4, 0.5) is 18.9 Å². The summed E-state index contributed by atoms with van der Waals surface area (Å²) in [4.78, 5) is 38.8. The molecule has 0 aromatic heterocycles. The number of aliphatic carboxylic acids is 1. The number of oxime groups is 1. The zero-order valence-electron chi connectivity index (χ0n) is 12.7. The molecule has 1 aromatic carbocycles. The first-order valence-electron chi connectivity index (χ1n) is 6.88. The number of ketones is 1. The fourth-order valence-corrected chi connectivity index (χ4v) is 2.52. The number of benzene rings is 1. The van der Waals surface area contributed by atoms with Crippen LogP contribution in [0.15, 0.2) is 23.4 Å². The molecule has 0 saturated heterocycles. The van der Waals surface area contributed by atoms with Crippen LogP contribution in [0, 0.1) is 15.5 Å². The summed E-state index contributed by atoms with van der Waals surface area (Å²) >= 11 is 0. The van der Waals surface area contributed by atoms with E-state index in [1.807, 2.05) is 0 Å². The van der Waals surface area contributed by atoms with Crippen molar-refractivity contribution in [2.75, 3.05) is 6.61 Å². The van der Waals surface area contributed by atoms with Gasteiger partial charge in [-0.25, -0.2) is 4.79 Å². The van der Waals surface area contributed by atoms with E-state index in [1.165, 1.54) is 6.92 Å². The number of hydrogen-bond acceptors (Lipinski definition) is 6. The quantitative estimate of drug-likeness (QED) is 0.490. The molecular weight excluding hydrogens is 349 g/mol. The van der Waals surface area contributed by atoms with Crippen molar-refractivity contribution in [1.82, 2.24) is 0 Å². The van der Waals surface area contributed by atoms with Gasteiger partial charge in [-0.15, -0.1) is 0 Å². The minimum absolute atomic E-state index is 0.116. The average molecular weight is 360 g/mol. The zero-order valence-corrected chi connectivity index (χ0v) is 12.7. The summed E-state index contributed by atoms with van der Waals surface area (Å²) in [6.45, 7) is 0.975. The monoisotopic (exact) mass is 360 g/mol. The minimum Gasteiger partial charge on any atom is -0.477 e. The normalized spacial score (nSPS) is 19.9. The predicted molar refractivity (Wildman–Crippen MR) is 76.2 cm³/mol. The van der Waals surface area contributed by atoms with Crippen molar-refractivity contribution in [3.8, 4) is 0 Å². The number of Topliss-reactive ketones (excluding diaryl/α,β-unsaturated/α-hetero) is 1. The molecule has 0 spiro atoms. The fourth-order valence-electron chi connectivity index (χ4n) is 2.52. The number of nitro groups is 1. The second-order valence-electron chi connectivity index (χ2n) is 5.27. The Bertz CT molecular complexity index is 789. The molecule has 11 heteroatoms. The highest BCUT2D eigenvalue weighted by atomic mass is 19.4. The van der Waals surface area contributed by atoms with Crippen LogP contribution in [0.3, 0.4) is 0 Å². The van der Waals surface area contributed by atoms with Gasteiger partial charge in [0.1, 0.15) is 12.0 Å². The molecule has 1 aromatic rings. The fraction of sp³-hybridized carbons (Fsp3) is 0.357. The molecule has 1 heterocycles. The Morgan fingerprint density at radius 2 is 2.08 bits per heavy atom. The van der Waals surface area contributed by atoms with Crippen LogP contribution >= 0.6 is 0 Å². The molecule has 1 aliphatic rings. The van der Waals surface area contributed by atoms with E-state index in [1.54, 1.807) is 0 Å². The predicted octanol–water partition coefficient (Wildman–Crippen LogP) is 2.66. The molecule has 1 unspecified atom stereocenters. The molecular formula is C14H11F3N2O6. The van der Waals surface area contributed by atoms with Gasteiger partial charge in [-0.05, 0) is 18.6 Å². The zero-order chi connectivity index (χ0) is 19.0. The van der Waals surface area contributed by atoms with Crippen LogP contribution in [-0.4, -0.2) is 34.1 Å². The van der Waals surface area contributed by atoms with Gasteiger partial charge in [-0.1, -0.05) is 12.1 Å². The number of nitrogens with zero attached hydrogens (tertiary/aromatic N) is 2. The molecule has 1 aliphatic heterocycles. The summed E-state index contributed by atoms with van der Waals surface area (Å²) in [5.74, 6) is -2.59. The third-order valence-electron chi connectivity index (χ3n) is 3.93. The van der Waals surface area contributed by atoms with Gasteiger partial charge in [0.05, 0.1) is 16.1 Å². The third-order valence-corrected chi connectivity index (χ3v) is 3.93. The lowest BCUT2D eigenvalue weighted by molar-refractivity contribution is -0.385. The Labute approximate surface area is 138 Å². The first kappa shape index (κ1) is 18.4. The third kappa shape index (κ3) is 3.04. The lowest BCUT2D eigenvalue weighted by atomic mass is 9.74. The van der Waals surface area contributed by atoms with E-state index in [0.29, 0.717) is 12.1 Å². The number of carboxylic acids is 1. The van der Waals surface area contributed by atoms with E-state index in [9.17, 15) is 32.9 Å². The van der Waals surface area contributed by atoms with Crippen LogP contribution < -0.4 is 0 Å². The largest absolute Gasteiger partial charge is 0.477 e. The van der Waals surface area contributed by atoms with E-state index >= 15 is 0 Å². The van der Waals surface area contributed by atoms with E-state index in [4.69, 9.17) is 5.11 Å². The highest BCUT2D eigenvalue weighted by molar-refractivity contribution is 6.43. The first-order valence-corrected chi connectivity index (χ1v) is 6.88. The second-order valence-corrected chi connectivity index (χ2v) is 5.27. The number of halogens is 3. The van der Waals surface area contributed by atoms with Crippen molar-refractivity contribution in [3.05, 3.63) is 39.4 Å². The number of carboxylic acid groups (broad SMARTS) is 1. The molecule has 0 saturated carbocycles. The van der Waals surface area contributed by atoms with Crippen LogP contribution in [0.1, 0.15) is 29.3 Å². The van der Waals surface area contributed by atoms with Gasteiger partial charge >= 0.3 is 12.1 Å². The van der Waals surface area contributed by atoms with Crippen LogP contribution in [-0.2, 0) is 15.8 Å². The van der Waals surface area contributed by atoms with Crippen molar-refractivity contribution in [2.24, 2.45) is 10.6 Å². The van der Waals surface area contributed by atoms with E-state index in [-0.39, 0.29) is 12.5 Å². The Hall–Kier alpha value is -2.98. The van der Waals surface area contributed by atoms with Gasteiger partial charge in [0, 0.05) is 6.07 Å². The molecule has 1 N–H and O–H groups in total. The standard InChI is InChI=1S/C14H11F3N2O6/c1-2-13(6-25-18-10(13)12(21)22)11(20)8-4-3-7(14(15,16)17)5-9(8)19(23)24/h3-5H,2,6H2,1H3,(H,21,22). The smallest absolute Gasteiger partial charge is 0.416 e. The van der Waals surface area contributed by atoms with Crippen molar-refractivity contribution in [1.29, 1.82) is 0 Å².